The lowest BCUT2D eigenvalue weighted by Crippen LogP contribution is -2.17. The molecule has 8 nitrogen and oxygen atoms in total. The highest BCUT2D eigenvalue weighted by atomic mass is 16.5. The Labute approximate surface area is 146 Å². The Bertz CT molecular complexity index is 1260. The van der Waals surface area contributed by atoms with Gasteiger partial charge in [-0.25, -0.2) is 14.3 Å². The summed E-state index contributed by atoms with van der Waals surface area (Å²) in [6, 6.07) is 10.5. The van der Waals surface area contributed by atoms with Crippen molar-refractivity contribution in [1.82, 2.24) is 14.6 Å². The second-order valence-electron chi connectivity index (χ2n) is 5.67. The van der Waals surface area contributed by atoms with E-state index in [9.17, 15) is 9.59 Å². The zero-order valence-corrected chi connectivity index (χ0v) is 13.6. The minimum Gasteiger partial charge on any atom is -0.453 e. The van der Waals surface area contributed by atoms with Gasteiger partial charge < -0.3 is 9.15 Å². The number of nitriles is 1. The molecular weight excluding hydrogens is 336 g/mol. The van der Waals surface area contributed by atoms with E-state index < -0.39 is 11.5 Å². The fourth-order valence-electron chi connectivity index (χ4n) is 2.76. The van der Waals surface area contributed by atoms with Gasteiger partial charge in [0, 0.05) is 23.2 Å². The molecule has 0 amide bonds. The Balaban J connectivity index is 1.61. The molecule has 0 aliphatic heterocycles. The number of ether oxygens (including phenoxy) is 1. The van der Waals surface area contributed by atoms with Crippen LogP contribution in [-0.4, -0.2) is 20.6 Å². The molecule has 0 unspecified atom stereocenters. The van der Waals surface area contributed by atoms with E-state index in [0.717, 1.165) is 9.90 Å². The molecule has 0 spiro atoms. The van der Waals surface area contributed by atoms with Crippen LogP contribution in [0.2, 0.25) is 0 Å². The van der Waals surface area contributed by atoms with Crippen LogP contribution in [0, 0.1) is 18.3 Å². The van der Waals surface area contributed by atoms with Crippen molar-refractivity contribution in [2.45, 2.75) is 13.5 Å². The first-order valence-corrected chi connectivity index (χ1v) is 7.74. The molecule has 4 aromatic rings. The maximum absolute atomic E-state index is 12.3. The van der Waals surface area contributed by atoms with E-state index in [1.807, 2.05) is 24.3 Å². The number of nitrogens with one attached hydrogen (secondary N) is 1. The maximum Gasteiger partial charge on any atom is 0.374 e. The average Bonchev–Trinajstić information content (AvgIpc) is 3.21. The second-order valence-corrected chi connectivity index (χ2v) is 5.67. The van der Waals surface area contributed by atoms with Crippen LogP contribution in [-0.2, 0) is 11.3 Å². The van der Waals surface area contributed by atoms with Crippen molar-refractivity contribution in [2.75, 3.05) is 0 Å². The molecule has 0 aliphatic carbocycles. The van der Waals surface area contributed by atoms with Gasteiger partial charge in [-0.15, -0.1) is 0 Å². The zero-order chi connectivity index (χ0) is 18.3. The van der Waals surface area contributed by atoms with Gasteiger partial charge in [0.1, 0.15) is 23.8 Å². The lowest BCUT2D eigenvalue weighted by Gasteiger charge is -2.03. The fraction of sp³-hybridized carbons (Fsp3) is 0.111. The topological polar surface area (TPSA) is 113 Å². The van der Waals surface area contributed by atoms with E-state index >= 15 is 0 Å². The molecule has 8 heteroatoms. The molecule has 0 saturated heterocycles. The van der Waals surface area contributed by atoms with Crippen molar-refractivity contribution in [2.24, 2.45) is 0 Å². The summed E-state index contributed by atoms with van der Waals surface area (Å²) in [5, 5.41) is 12.5. The third kappa shape index (κ3) is 2.43. The Hall–Kier alpha value is -3.86. The van der Waals surface area contributed by atoms with E-state index in [-0.39, 0.29) is 29.3 Å². The first-order valence-electron chi connectivity index (χ1n) is 7.74. The fourth-order valence-corrected chi connectivity index (χ4v) is 2.76. The Morgan fingerprint density at radius 1 is 1.42 bits per heavy atom. The van der Waals surface area contributed by atoms with E-state index in [1.54, 1.807) is 13.0 Å². The highest BCUT2D eigenvalue weighted by Gasteiger charge is 2.19. The van der Waals surface area contributed by atoms with Crippen molar-refractivity contribution in [1.29, 1.82) is 5.26 Å². The molecule has 3 heterocycles. The van der Waals surface area contributed by atoms with Crippen LogP contribution in [0.3, 0.4) is 0 Å². The number of nitrogens with zero attached hydrogens (tertiary/aromatic N) is 3. The molecule has 128 valence electrons. The first kappa shape index (κ1) is 15.7. The molecule has 0 radical (unpaired) electrons. The predicted molar refractivity (Wildman–Crippen MR) is 90.6 cm³/mol. The van der Waals surface area contributed by atoms with Crippen LogP contribution in [0.4, 0.5) is 0 Å². The van der Waals surface area contributed by atoms with Crippen molar-refractivity contribution in [3.05, 3.63) is 69.5 Å². The van der Waals surface area contributed by atoms with Crippen molar-refractivity contribution < 1.29 is 13.9 Å². The van der Waals surface area contributed by atoms with Gasteiger partial charge in [-0.1, -0.05) is 18.2 Å². The molecule has 0 bridgehead atoms. The van der Waals surface area contributed by atoms with Gasteiger partial charge in [-0.05, 0) is 13.0 Å². The lowest BCUT2D eigenvalue weighted by molar-refractivity contribution is 0.0432. The van der Waals surface area contributed by atoms with Crippen LogP contribution < -0.4 is 5.56 Å². The number of esters is 1. The number of hydrogen-bond donors (Lipinski definition) is 1. The van der Waals surface area contributed by atoms with Crippen LogP contribution in [0.15, 0.2) is 45.7 Å². The summed E-state index contributed by atoms with van der Waals surface area (Å²) in [7, 11) is 0. The number of fused-ring (bicyclic) bond motifs is 2. The van der Waals surface area contributed by atoms with Gasteiger partial charge in [0.2, 0.25) is 5.76 Å². The summed E-state index contributed by atoms with van der Waals surface area (Å²) in [6.45, 7) is 1.56. The Morgan fingerprint density at radius 2 is 2.23 bits per heavy atom. The summed E-state index contributed by atoms with van der Waals surface area (Å²) < 4.78 is 11.9. The molecule has 0 saturated carbocycles. The van der Waals surface area contributed by atoms with Crippen LogP contribution in [0.25, 0.3) is 16.6 Å². The zero-order valence-electron chi connectivity index (χ0n) is 13.6. The van der Waals surface area contributed by atoms with Crippen LogP contribution in [0.1, 0.15) is 27.4 Å². The second kappa shape index (κ2) is 5.89. The highest BCUT2D eigenvalue weighted by molar-refractivity contribution is 5.95. The number of para-hydroxylation sites is 1. The summed E-state index contributed by atoms with van der Waals surface area (Å²) >= 11 is 0. The van der Waals surface area contributed by atoms with Gasteiger partial charge in [-0.2, -0.15) is 5.26 Å². The number of aromatic nitrogens is 3. The normalized spacial score (nSPS) is 10.9. The number of hydrogen-bond acceptors (Lipinski definition) is 6. The van der Waals surface area contributed by atoms with Crippen LogP contribution >= 0.6 is 0 Å². The van der Waals surface area contributed by atoms with Gasteiger partial charge in [0.15, 0.2) is 5.65 Å². The van der Waals surface area contributed by atoms with Gasteiger partial charge in [-0.3, -0.25) is 9.89 Å². The monoisotopic (exact) mass is 348 g/mol. The summed E-state index contributed by atoms with van der Waals surface area (Å²) in [4.78, 5) is 28.6. The minimum atomic E-state index is -0.643. The molecule has 1 aromatic carbocycles. The van der Waals surface area contributed by atoms with E-state index in [4.69, 9.17) is 14.4 Å². The van der Waals surface area contributed by atoms with Gasteiger partial charge in [0.05, 0.1) is 5.69 Å². The average molecular weight is 348 g/mol. The Morgan fingerprint density at radius 3 is 3.00 bits per heavy atom. The van der Waals surface area contributed by atoms with Crippen molar-refractivity contribution in [3.63, 3.8) is 0 Å². The number of benzene rings is 1. The summed E-state index contributed by atoms with van der Waals surface area (Å²) in [5.41, 5.74) is 1.54. The van der Waals surface area contributed by atoms with E-state index in [1.165, 1.54) is 12.3 Å². The SMILES string of the molecule is Cc1c(C(=O)OCc2cc(=O)n3[nH]cc(C#N)c3n2)oc2ccccc12. The number of rotatable bonds is 3. The summed E-state index contributed by atoms with van der Waals surface area (Å²) in [6.07, 6.45) is 1.39. The number of furan rings is 1. The maximum atomic E-state index is 12.3. The van der Waals surface area contributed by atoms with Gasteiger partial charge >= 0.3 is 5.97 Å². The smallest absolute Gasteiger partial charge is 0.374 e. The third-order valence-corrected chi connectivity index (χ3v) is 4.05. The Kier molecular flexibility index (Phi) is 3.55. The standard InChI is InChI=1S/C18H12N4O4/c1-10-13-4-2-3-5-14(13)26-16(10)18(24)25-9-12-6-15(23)22-17(21-12)11(7-19)8-20-22/h2-6,8,20H,9H2,1H3. The lowest BCUT2D eigenvalue weighted by atomic mass is 10.1. The number of H-pyrrole nitrogens is 1. The molecule has 0 fully saturated rings. The molecule has 4 rings (SSSR count). The molecule has 0 aliphatic rings. The van der Waals surface area contributed by atoms with Crippen LogP contribution in [0.5, 0.6) is 0 Å². The molecular formula is C18H12N4O4. The molecule has 3 aromatic heterocycles. The highest BCUT2D eigenvalue weighted by Crippen LogP contribution is 2.25. The molecule has 0 atom stereocenters. The number of carbonyl (C=O) groups excluding carboxylic acids is 1. The quantitative estimate of drug-likeness (QED) is 0.568. The predicted octanol–water partition coefficient (Wildman–Crippen LogP) is 2.31. The largest absolute Gasteiger partial charge is 0.453 e. The minimum absolute atomic E-state index is 0.114. The number of aromatic amines is 1. The van der Waals surface area contributed by atoms with Gasteiger partial charge in [0.25, 0.3) is 5.56 Å². The third-order valence-electron chi connectivity index (χ3n) is 4.05. The summed E-state index contributed by atoms with van der Waals surface area (Å²) in [5.74, 6) is -0.529. The molecule has 1 N–H and O–H groups in total. The number of aryl methyl sites for hydroxylation is 1. The first-order chi connectivity index (χ1) is 12.6. The van der Waals surface area contributed by atoms with Crippen molar-refractivity contribution in [3.8, 4) is 6.07 Å². The van der Waals surface area contributed by atoms with Crippen molar-refractivity contribution >= 4 is 22.6 Å². The van der Waals surface area contributed by atoms with E-state index in [0.29, 0.717) is 11.1 Å². The number of carbonyl (C=O) groups is 1. The van der Waals surface area contributed by atoms with E-state index in [2.05, 4.69) is 10.1 Å². The molecule has 26 heavy (non-hydrogen) atoms.